The van der Waals surface area contributed by atoms with Crippen molar-refractivity contribution < 1.29 is 22.0 Å². The summed E-state index contributed by atoms with van der Waals surface area (Å²) in [6, 6.07) is 9.29. The average molecular weight is 533 g/mol. The minimum atomic E-state index is -4.28. The molecule has 12 heteroatoms. The van der Waals surface area contributed by atoms with E-state index in [1.807, 2.05) is 6.07 Å². The molecule has 36 heavy (non-hydrogen) atoms. The van der Waals surface area contributed by atoms with Crippen LogP contribution in [0.1, 0.15) is 35.9 Å². The molecule has 0 aliphatic carbocycles. The lowest BCUT2D eigenvalue weighted by molar-refractivity contribution is 0.374. The van der Waals surface area contributed by atoms with Crippen LogP contribution in [0.4, 0.5) is 4.39 Å². The van der Waals surface area contributed by atoms with E-state index in [4.69, 9.17) is 20.8 Å². The Kier molecular flexibility index (Phi) is 7.25. The number of pyridine rings is 1. The Balaban J connectivity index is 1.82. The Hall–Kier alpha value is -3.54. The lowest BCUT2D eigenvalue weighted by Crippen LogP contribution is -2.33. The van der Waals surface area contributed by atoms with Crippen LogP contribution in [0.25, 0.3) is 11.1 Å². The van der Waals surface area contributed by atoms with Gasteiger partial charge in [0.25, 0.3) is 0 Å². The molecule has 2 atom stereocenters. The zero-order chi connectivity index (χ0) is 26.0. The number of nitrogens with one attached hydrogen (secondary N) is 2. The summed E-state index contributed by atoms with van der Waals surface area (Å²) in [6.07, 6.45) is 3.27. The number of aromatic nitrogens is 3. The number of ether oxygens (including phenoxy) is 1. The van der Waals surface area contributed by atoms with Crippen molar-refractivity contribution in [2.24, 2.45) is 0 Å². The quantitative estimate of drug-likeness (QED) is 0.345. The minimum absolute atomic E-state index is 0.00539. The summed E-state index contributed by atoms with van der Waals surface area (Å²) in [5.41, 5.74) is 2.27. The monoisotopic (exact) mass is 532 g/mol. The van der Waals surface area contributed by atoms with Crippen molar-refractivity contribution in [3.8, 4) is 16.9 Å². The molecule has 0 amide bonds. The largest absolute Gasteiger partial charge is 0.495 e. The molecule has 188 valence electrons. The van der Waals surface area contributed by atoms with Gasteiger partial charge in [0.15, 0.2) is 0 Å². The molecule has 0 radical (unpaired) electrons. The van der Waals surface area contributed by atoms with Gasteiger partial charge in [-0.25, -0.2) is 22.7 Å². The molecular weight excluding hydrogens is 511 g/mol. The van der Waals surface area contributed by atoms with Gasteiger partial charge >= 0.3 is 5.76 Å². The first-order chi connectivity index (χ1) is 17.1. The van der Waals surface area contributed by atoms with Gasteiger partial charge in [0.1, 0.15) is 22.5 Å². The van der Waals surface area contributed by atoms with Gasteiger partial charge in [-0.15, -0.1) is 5.10 Å². The summed E-state index contributed by atoms with van der Waals surface area (Å²) in [7, 11) is -2.98. The van der Waals surface area contributed by atoms with Gasteiger partial charge in [-0.2, -0.15) is 4.72 Å². The number of H-pyrrole nitrogens is 1. The van der Waals surface area contributed by atoms with Gasteiger partial charge < -0.3 is 9.15 Å². The second-order valence-electron chi connectivity index (χ2n) is 8.01. The van der Waals surface area contributed by atoms with Gasteiger partial charge in [-0.1, -0.05) is 30.7 Å². The number of sulfonamides is 1. The summed E-state index contributed by atoms with van der Waals surface area (Å²) in [5.74, 6) is -2.55. The molecule has 0 fully saturated rings. The SMILES string of the molecule is COc1cc(Cl)ccc1S(=O)(=O)NC(c1n[nH]c(=O)o1)C(C)c1c(F)ccc(-c2cccnc2)c1C. The Morgan fingerprint density at radius 3 is 2.64 bits per heavy atom. The second-order valence-corrected chi connectivity index (χ2v) is 10.1. The standard InChI is InChI=1S/C24H22ClFN4O5S/c1-13-17(15-5-4-10-27-12-15)7-8-18(26)21(13)14(2)22(23-28-29-24(31)35-23)30-36(32,33)20-9-6-16(25)11-19(20)34-3/h4-12,14,22,30H,1-3H3,(H,29,31). The Morgan fingerprint density at radius 1 is 1.22 bits per heavy atom. The van der Waals surface area contributed by atoms with Crippen molar-refractivity contribution in [1.29, 1.82) is 0 Å². The Bertz CT molecular complexity index is 1560. The highest BCUT2D eigenvalue weighted by molar-refractivity contribution is 7.89. The fraction of sp³-hybridized carbons (Fsp3) is 0.208. The van der Waals surface area contributed by atoms with E-state index in [0.29, 0.717) is 5.56 Å². The number of halogens is 2. The van der Waals surface area contributed by atoms with Crippen LogP contribution in [-0.2, 0) is 10.0 Å². The highest BCUT2D eigenvalue weighted by atomic mass is 35.5. The van der Waals surface area contributed by atoms with Crippen molar-refractivity contribution in [1.82, 2.24) is 19.9 Å². The highest BCUT2D eigenvalue weighted by Crippen LogP contribution is 2.38. The maximum atomic E-state index is 15.2. The molecule has 0 saturated heterocycles. The van der Waals surface area contributed by atoms with Crippen LogP contribution in [0.5, 0.6) is 5.75 Å². The molecular formula is C24H22ClFN4O5S. The maximum absolute atomic E-state index is 15.2. The number of aromatic amines is 1. The molecule has 9 nitrogen and oxygen atoms in total. The van der Waals surface area contributed by atoms with Crippen molar-refractivity contribution in [2.75, 3.05) is 7.11 Å². The van der Waals surface area contributed by atoms with Gasteiger partial charge in [-0.05, 0) is 47.9 Å². The second kappa shape index (κ2) is 10.2. The van der Waals surface area contributed by atoms with Crippen LogP contribution in [0.3, 0.4) is 0 Å². The Labute approximate surface area is 211 Å². The fourth-order valence-electron chi connectivity index (χ4n) is 4.09. The summed E-state index contributed by atoms with van der Waals surface area (Å²) in [5, 5.41) is 6.22. The van der Waals surface area contributed by atoms with Gasteiger partial charge in [0, 0.05) is 35.0 Å². The molecule has 0 spiro atoms. The maximum Gasteiger partial charge on any atom is 0.434 e. The third-order valence-corrected chi connectivity index (χ3v) is 7.52. The summed E-state index contributed by atoms with van der Waals surface area (Å²) in [6.45, 7) is 3.34. The van der Waals surface area contributed by atoms with E-state index < -0.39 is 33.6 Å². The third kappa shape index (κ3) is 5.03. The van der Waals surface area contributed by atoms with Crippen molar-refractivity contribution >= 4 is 21.6 Å². The van der Waals surface area contributed by atoms with Crippen LogP contribution >= 0.6 is 11.6 Å². The lowest BCUT2D eigenvalue weighted by atomic mass is 9.86. The predicted octanol–water partition coefficient (Wildman–Crippen LogP) is 4.36. The Morgan fingerprint density at radius 2 is 2.00 bits per heavy atom. The molecule has 0 bridgehead atoms. The first-order valence-electron chi connectivity index (χ1n) is 10.7. The lowest BCUT2D eigenvalue weighted by Gasteiger charge is -2.25. The molecule has 2 aromatic heterocycles. The van der Waals surface area contributed by atoms with Crippen molar-refractivity contribution in [3.05, 3.63) is 93.3 Å². The minimum Gasteiger partial charge on any atom is -0.495 e. The molecule has 0 aliphatic rings. The van der Waals surface area contributed by atoms with E-state index in [0.717, 1.165) is 11.1 Å². The van der Waals surface area contributed by atoms with E-state index in [2.05, 4.69) is 19.9 Å². The highest BCUT2D eigenvalue weighted by Gasteiger charge is 2.34. The van der Waals surface area contributed by atoms with Crippen molar-refractivity contribution in [2.45, 2.75) is 30.7 Å². The molecule has 4 rings (SSSR count). The van der Waals surface area contributed by atoms with Crippen LogP contribution in [-0.4, -0.2) is 30.7 Å². The number of hydrogen-bond donors (Lipinski definition) is 2. The van der Waals surface area contributed by atoms with Crippen LogP contribution in [0.2, 0.25) is 5.02 Å². The topological polar surface area (TPSA) is 127 Å². The third-order valence-electron chi connectivity index (χ3n) is 5.81. The van der Waals surface area contributed by atoms with E-state index in [9.17, 15) is 13.2 Å². The number of benzene rings is 2. The molecule has 2 unspecified atom stereocenters. The summed E-state index contributed by atoms with van der Waals surface area (Å²) >= 11 is 5.98. The molecule has 0 saturated carbocycles. The zero-order valence-corrected chi connectivity index (χ0v) is 21.0. The zero-order valence-electron chi connectivity index (χ0n) is 19.5. The van der Waals surface area contributed by atoms with E-state index >= 15 is 4.39 Å². The predicted molar refractivity (Wildman–Crippen MR) is 131 cm³/mol. The molecule has 2 aromatic carbocycles. The van der Waals surface area contributed by atoms with Gasteiger partial charge in [0.2, 0.25) is 15.9 Å². The fourth-order valence-corrected chi connectivity index (χ4v) is 5.67. The summed E-state index contributed by atoms with van der Waals surface area (Å²) in [4.78, 5) is 15.6. The van der Waals surface area contributed by atoms with Gasteiger partial charge in [-0.3, -0.25) is 4.98 Å². The number of hydrogen-bond acceptors (Lipinski definition) is 7. The first kappa shape index (κ1) is 25.5. The molecule has 4 aromatic rings. The number of methoxy groups -OCH3 is 1. The first-order valence-corrected chi connectivity index (χ1v) is 12.6. The van der Waals surface area contributed by atoms with Crippen LogP contribution in [0, 0.1) is 12.7 Å². The average Bonchev–Trinajstić information content (AvgIpc) is 3.28. The number of nitrogens with zero attached hydrogens (tertiary/aromatic N) is 2. The molecule has 0 aliphatic heterocycles. The number of rotatable bonds is 8. The smallest absolute Gasteiger partial charge is 0.434 e. The van der Waals surface area contributed by atoms with Crippen LogP contribution in [0.15, 0.2) is 69.0 Å². The normalized spacial score (nSPS) is 13.4. The van der Waals surface area contributed by atoms with E-state index in [1.165, 1.54) is 31.4 Å². The van der Waals surface area contributed by atoms with E-state index in [1.54, 1.807) is 38.4 Å². The summed E-state index contributed by atoms with van der Waals surface area (Å²) < 4.78 is 54.9. The van der Waals surface area contributed by atoms with E-state index in [-0.39, 0.29) is 27.1 Å². The van der Waals surface area contributed by atoms with Gasteiger partial charge in [0.05, 0.1) is 7.11 Å². The molecule has 2 heterocycles. The van der Waals surface area contributed by atoms with Crippen LogP contribution < -0.4 is 15.2 Å². The molecule has 2 N–H and O–H groups in total. The van der Waals surface area contributed by atoms with Crippen molar-refractivity contribution in [3.63, 3.8) is 0 Å².